The van der Waals surface area contributed by atoms with E-state index in [1.165, 1.54) is 17.3 Å². The van der Waals surface area contributed by atoms with Gasteiger partial charge in [0.05, 0.1) is 5.75 Å². The number of benzene rings is 1. The maximum Gasteiger partial charge on any atom is 0.230 e. The van der Waals surface area contributed by atoms with E-state index in [0.717, 1.165) is 5.56 Å². The lowest BCUT2D eigenvalue weighted by atomic mass is 10.1. The first kappa shape index (κ1) is 14.8. The lowest BCUT2D eigenvalue weighted by Crippen LogP contribution is -2.24. The number of aromatic nitrogens is 2. The number of thioether (sulfide) groups is 1. The molecule has 20 heavy (non-hydrogen) atoms. The SMILES string of the molecule is Cc1cccc(CNC(=O)CSc2ccc(Cl)nn2)c1. The van der Waals surface area contributed by atoms with Crippen LogP contribution >= 0.6 is 23.4 Å². The van der Waals surface area contributed by atoms with Gasteiger partial charge in [0.2, 0.25) is 5.91 Å². The number of amides is 1. The van der Waals surface area contributed by atoms with E-state index in [1.54, 1.807) is 12.1 Å². The molecule has 6 heteroatoms. The van der Waals surface area contributed by atoms with Crippen molar-refractivity contribution in [3.63, 3.8) is 0 Å². The molecule has 0 spiro atoms. The summed E-state index contributed by atoms with van der Waals surface area (Å²) in [6.45, 7) is 2.56. The Bertz CT molecular complexity index is 589. The summed E-state index contributed by atoms with van der Waals surface area (Å²) in [5, 5.41) is 11.5. The van der Waals surface area contributed by atoms with Crippen molar-refractivity contribution >= 4 is 29.3 Å². The van der Waals surface area contributed by atoms with Crippen LogP contribution in [-0.2, 0) is 11.3 Å². The molecule has 1 heterocycles. The predicted molar refractivity (Wildman–Crippen MR) is 80.8 cm³/mol. The van der Waals surface area contributed by atoms with Gasteiger partial charge in [0.15, 0.2) is 5.15 Å². The lowest BCUT2D eigenvalue weighted by molar-refractivity contribution is -0.118. The van der Waals surface area contributed by atoms with E-state index in [1.807, 2.05) is 25.1 Å². The van der Waals surface area contributed by atoms with Crippen molar-refractivity contribution in [2.45, 2.75) is 18.5 Å². The number of hydrogen-bond donors (Lipinski definition) is 1. The summed E-state index contributed by atoms with van der Waals surface area (Å²) in [4.78, 5) is 11.7. The number of hydrogen-bond acceptors (Lipinski definition) is 4. The van der Waals surface area contributed by atoms with Crippen molar-refractivity contribution in [3.8, 4) is 0 Å². The zero-order valence-electron chi connectivity index (χ0n) is 11.0. The Kier molecular flexibility index (Phi) is 5.38. The molecule has 1 aromatic carbocycles. The highest BCUT2D eigenvalue weighted by molar-refractivity contribution is 7.99. The Hall–Kier alpha value is -1.59. The smallest absolute Gasteiger partial charge is 0.230 e. The van der Waals surface area contributed by atoms with Gasteiger partial charge in [-0.3, -0.25) is 4.79 Å². The molecular weight excluding hydrogens is 294 g/mol. The van der Waals surface area contributed by atoms with Crippen LogP contribution in [0, 0.1) is 6.92 Å². The Morgan fingerprint density at radius 2 is 2.15 bits per heavy atom. The number of nitrogens with one attached hydrogen (secondary N) is 1. The van der Waals surface area contributed by atoms with E-state index >= 15 is 0 Å². The minimum Gasteiger partial charge on any atom is -0.351 e. The zero-order valence-corrected chi connectivity index (χ0v) is 12.5. The quantitative estimate of drug-likeness (QED) is 0.863. The van der Waals surface area contributed by atoms with Crippen molar-refractivity contribution < 1.29 is 4.79 Å². The van der Waals surface area contributed by atoms with Crippen LogP contribution in [0.5, 0.6) is 0 Å². The number of halogens is 1. The first-order valence-corrected chi connectivity index (χ1v) is 7.44. The second-order valence-electron chi connectivity index (χ2n) is 4.25. The minimum atomic E-state index is -0.0340. The molecule has 0 saturated heterocycles. The van der Waals surface area contributed by atoms with E-state index in [9.17, 15) is 4.79 Å². The molecule has 0 aliphatic carbocycles. The van der Waals surface area contributed by atoms with E-state index in [2.05, 4.69) is 21.6 Å². The second kappa shape index (κ2) is 7.26. The number of nitrogens with zero attached hydrogens (tertiary/aromatic N) is 2. The standard InChI is InChI=1S/C14H14ClN3OS/c1-10-3-2-4-11(7-10)8-16-13(19)9-20-14-6-5-12(15)17-18-14/h2-7H,8-9H2,1H3,(H,16,19). The van der Waals surface area contributed by atoms with Crippen LogP contribution < -0.4 is 5.32 Å². The summed E-state index contributed by atoms with van der Waals surface area (Å²) in [5.41, 5.74) is 2.28. The molecule has 0 bridgehead atoms. The summed E-state index contributed by atoms with van der Waals surface area (Å²) in [6.07, 6.45) is 0. The fourth-order valence-electron chi connectivity index (χ4n) is 1.59. The molecule has 0 fully saturated rings. The molecule has 104 valence electrons. The van der Waals surface area contributed by atoms with Crippen LogP contribution in [0.4, 0.5) is 0 Å². The van der Waals surface area contributed by atoms with Gasteiger partial charge in [-0.1, -0.05) is 53.2 Å². The second-order valence-corrected chi connectivity index (χ2v) is 5.63. The molecule has 2 rings (SSSR count). The van der Waals surface area contributed by atoms with Crippen LogP contribution in [-0.4, -0.2) is 21.9 Å². The Morgan fingerprint density at radius 1 is 1.30 bits per heavy atom. The molecule has 4 nitrogen and oxygen atoms in total. The Labute approximate surface area is 126 Å². The Balaban J connectivity index is 1.77. The predicted octanol–water partition coefficient (Wildman–Crippen LogP) is 2.85. The van der Waals surface area contributed by atoms with Crippen LogP contribution in [0.3, 0.4) is 0 Å². The van der Waals surface area contributed by atoms with Crippen molar-refractivity contribution in [1.29, 1.82) is 0 Å². The summed E-state index contributed by atoms with van der Waals surface area (Å²) in [7, 11) is 0. The highest BCUT2D eigenvalue weighted by atomic mass is 35.5. The van der Waals surface area contributed by atoms with E-state index in [-0.39, 0.29) is 5.91 Å². The third-order valence-electron chi connectivity index (χ3n) is 2.53. The molecule has 1 aromatic heterocycles. The Morgan fingerprint density at radius 3 is 2.85 bits per heavy atom. The average Bonchev–Trinajstić information content (AvgIpc) is 2.45. The topological polar surface area (TPSA) is 54.9 Å². The molecule has 0 saturated carbocycles. The fraction of sp³-hybridized carbons (Fsp3) is 0.214. The summed E-state index contributed by atoms with van der Waals surface area (Å²) < 4.78 is 0. The molecule has 0 atom stereocenters. The molecule has 0 aliphatic rings. The molecule has 0 aliphatic heterocycles. The van der Waals surface area contributed by atoms with E-state index in [0.29, 0.717) is 22.5 Å². The molecule has 1 N–H and O–H groups in total. The molecule has 1 amide bonds. The largest absolute Gasteiger partial charge is 0.351 e. The minimum absolute atomic E-state index is 0.0340. The van der Waals surface area contributed by atoms with Gasteiger partial charge in [0, 0.05) is 6.54 Å². The maximum atomic E-state index is 11.7. The third-order valence-corrected chi connectivity index (χ3v) is 3.65. The van der Waals surface area contributed by atoms with Gasteiger partial charge < -0.3 is 5.32 Å². The van der Waals surface area contributed by atoms with Crippen molar-refractivity contribution in [2.24, 2.45) is 0 Å². The monoisotopic (exact) mass is 307 g/mol. The summed E-state index contributed by atoms with van der Waals surface area (Å²) in [5.74, 6) is 0.274. The number of rotatable bonds is 5. The van der Waals surface area contributed by atoms with E-state index < -0.39 is 0 Å². The van der Waals surface area contributed by atoms with Crippen LogP contribution in [0.1, 0.15) is 11.1 Å². The molecule has 0 radical (unpaired) electrons. The first-order chi connectivity index (χ1) is 9.63. The van der Waals surface area contributed by atoms with Gasteiger partial charge >= 0.3 is 0 Å². The van der Waals surface area contributed by atoms with Crippen molar-refractivity contribution in [3.05, 3.63) is 52.7 Å². The number of carbonyl (C=O) groups excluding carboxylic acids is 1. The van der Waals surface area contributed by atoms with Gasteiger partial charge in [-0.05, 0) is 24.6 Å². The number of aryl methyl sites for hydroxylation is 1. The highest BCUT2D eigenvalue weighted by Gasteiger charge is 2.04. The highest BCUT2D eigenvalue weighted by Crippen LogP contribution is 2.15. The average molecular weight is 308 g/mol. The molecule has 0 unspecified atom stereocenters. The normalized spacial score (nSPS) is 10.3. The van der Waals surface area contributed by atoms with Crippen LogP contribution in [0.25, 0.3) is 0 Å². The van der Waals surface area contributed by atoms with Gasteiger partial charge in [-0.2, -0.15) is 0 Å². The van der Waals surface area contributed by atoms with Gasteiger partial charge in [-0.25, -0.2) is 0 Å². The molecule has 2 aromatic rings. The van der Waals surface area contributed by atoms with Crippen LogP contribution in [0.2, 0.25) is 5.15 Å². The van der Waals surface area contributed by atoms with Crippen LogP contribution in [0.15, 0.2) is 41.4 Å². The molecular formula is C14H14ClN3OS. The summed E-state index contributed by atoms with van der Waals surface area (Å²) in [6, 6.07) is 11.5. The van der Waals surface area contributed by atoms with Crippen molar-refractivity contribution in [1.82, 2.24) is 15.5 Å². The summed E-state index contributed by atoms with van der Waals surface area (Å²) >= 11 is 6.97. The maximum absolute atomic E-state index is 11.7. The third kappa shape index (κ3) is 4.83. The van der Waals surface area contributed by atoms with Crippen molar-refractivity contribution in [2.75, 3.05) is 5.75 Å². The number of carbonyl (C=O) groups is 1. The lowest BCUT2D eigenvalue weighted by Gasteiger charge is -2.05. The zero-order chi connectivity index (χ0) is 14.4. The fourth-order valence-corrected chi connectivity index (χ4v) is 2.34. The van der Waals surface area contributed by atoms with Gasteiger partial charge in [0.1, 0.15) is 5.03 Å². The van der Waals surface area contributed by atoms with Gasteiger partial charge in [-0.15, -0.1) is 10.2 Å². The van der Waals surface area contributed by atoms with E-state index in [4.69, 9.17) is 11.6 Å². The van der Waals surface area contributed by atoms with Gasteiger partial charge in [0.25, 0.3) is 0 Å². The first-order valence-electron chi connectivity index (χ1n) is 6.08.